The summed E-state index contributed by atoms with van der Waals surface area (Å²) < 4.78 is 0. The average molecular weight is 245 g/mol. The molecule has 0 amide bonds. The monoisotopic (exact) mass is 245 g/mol. The van der Waals surface area contributed by atoms with Gasteiger partial charge in [0.15, 0.2) is 5.75 Å². The van der Waals surface area contributed by atoms with Crippen molar-refractivity contribution >= 4 is 5.95 Å². The van der Waals surface area contributed by atoms with Crippen LogP contribution < -0.4 is 10.6 Å². The Morgan fingerprint density at radius 1 is 1.29 bits per heavy atom. The van der Waals surface area contributed by atoms with Crippen molar-refractivity contribution in [2.45, 2.75) is 13.5 Å². The molecule has 0 fully saturated rings. The molecule has 0 aliphatic rings. The van der Waals surface area contributed by atoms with E-state index < -0.39 is 16.8 Å². The minimum Gasteiger partial charge on any atom is -0.368 e. The maximum Gasteiger partial charge on any atom is 0.299 e. The van der Waals surface area contributed by atoms with Crippen LogP contribution in [0.4, 0.5) is 5.95 Å². The zero-order chi connectivity index (χ0) is 13.0. The molecular formula is C6H7N5O6. The number of aromatic nitrogens is 2. The molecule has 0 saturated heterocycles. The van der Waals surface area contributed by atoms with Gasteiger partial charge in [-0.25, -0.2) is 9.97 Å². The van der Waals surface area contributed by atoms with Gasteiger partial charge in [0.05, 0.1) is 5.69 Å². The molecule has 0 saturated carbocycles. The lowest BCUT2D eigenvalue weighted by Crippen LogP contribution is -2.13. The zero-order valence-corrected chi connectivity index (χ0v) is 8.52. The third-order valence-corrected chi connectivity index (χ3v) is 1.59. The van der Waals surface area contributed by atoms with Crippen LogP contribution >= 0.6 is 0 Å². The van der Waals surface area contributed by atoms with Crippen molar-refractivity contribution in [1.29, 1.82) is 0 Å². The summed E-state index contributed by atoms with van der Waals surface area (Å²) in [7, 11) is 0. The highest BCUT2D eigenvalue weighted by Gasteiger charge is 2.15. The first kappa shape index (κ1) is 12.4. The summed E-state index contributed by atoms with van der Waals surface area (Å²) in [5, 5.41) is 18.1. The first-order chi connectivity index (χ1) is 7.90. The quantitative estimate of drug-likeness (QED) is 0.540. The normalized spacial score (nSPS) is 9.71. The van der Waals surface area contributed by atoms with E-state index in [1.165, 1.54) is 6.92 Å². The van der Waals surface area contributed by atoms with Crippen molar-refractivity contribution in [1.82, 2.24) is 9.97 Å². The van der Waals surface area contributed by atoms with Crippen molar-refractivity contribution in [3.05, 3.63) is 31.6 Å². The highest BCUT2D eigenvalue weighted by atomic mass is 17.0. The molecule has 11 heteroatoms. The fourth-order valence-corrected chi connectivity index (χ4v) is 1.05. The molecule has 1 aromatic rings. The lowest BCUT2D eigenvalue weighted by molar-refractivity contribution is -0.763. The van der Waals surface area contributed by atoms with Crippen LogP contribution in [0.1, 0.15) is 11.4 Å². The highest BCUT2D eigenvalue weighted by Crippen LogP contribution is 2.22. The van der Waals surface area contributed by atoms with Gasteiger partial charge in [-0.15, -0.1) is 20.2 Å². The minimum atomic E-state index is -1.09. The van der Waals surface area contributed by atoms with Gasteiger partial charge in [0.1, 0.15) is 12.3 Å². The van der Waals surface area contributed by atoms with Crippen LogP contribution in [0.15, 0.2) is 0 Å². The Hall–Kier alpha value is -2.72. The standard InChI is InChI=1S/C6H7N5O6/c1-3-5(17-11(14)15)4(2-16-10(12)13)9-6(7)8-3/h2H2,1H3,(H2,7,8,9). The molecular weight excluding hydrogens is 238 g/mol. The Balaban J connectivity index is 3.06. The Bertz CT molecular complexity index is 462. The van der Waals surface area contributed by atoms with E-state index in [-0.39, 0.29) is 23.1 Å². The molecule has 0 bridgehead atoms. The SMILES string of the molecule is Cc1nc(N)nc(CO[N+](=O)[O-])c1O[N+](=O)[O-]. The van der Waals surface area contributed by atoms with Gasteiger partial charge in [-0.1, -0.05) is 0 Å². The second-order valence-electron chi connectivity index (χ2n) is 2.75. The predicted molar refractivity (Wildman–Crippen MR) is 50.6 cm³/mol. The summed E-state index contributed by atoms with van der Waals surface area (Å²) >= 11 is 0. The number of aryl methyl sites for hydroxylation is 1. The number of anilines is 1. The molecule has 17 heavy (non-hydrogen) atoms. The minimum absolute atomic E-state index is 0.0798. The number of rotatable bonds is 5. The summed E-state index contributed by atoms with van der Waals surface area (Å²) in [4.78, 5) is 35.7. The van der Waals surface area contributed by atoms with E-state index in [0.29, 0.717) is 0 Å². The molecule has 2 N–H and O–H groups in total. The zero-order valence-electron chi connectivity index (χ0n) is 8.52. The van der Waals surface area contributed by atoms with Gasteiger partial charge in [0.2, 0.25) is 5.95 Å². The van der Waals surface area contributed by atoms with Gasteiger partial charge in [0.25, 0.3) is 10.2 Å². The predicted octanol–water partition coefficient (Wildman–Crippen LogP) is -0.354. The van der Waals surface area contributed by atoms with Crippen LogP contribution in [0.25, 0.3) is 0 Å². The Morgan fingerprint density at radius 2 is 1.94 bits per heavy atom. The maximum absolute atomic E-state index is 10.2. The summed E-state index contributed by atoms with van der Waals surface area (Å²) in [5.74, 6) is -0.522. The topological polar surface area (TPSA) is 157 Å². The van der Waals surface area contributed by atoms with E-state index >= 15 is 0 Å². The van der Waals surface area contributed by atoms with Crippen molar-refractivity contribution < 1.29 is 19.8 Å². The average Bonchev–Trinajstić information content (AvgIpc) is 2.18. The van der Waals surface area contributed by atoms with E-state index in [2.05, 4.69) is 19.6 Å². The summed E-state index contributed by atoms with van der Waals surface area (Å²) in [6, 6.07) is 0. The van der Waals surface area contributed by atoms with Crippen LogP contribution in [-0.4, -0.2) is 20.1 Å². The van der Waals surface area contributed by atoms with Crippen LogP contribution in [0.2, 0.25) is 0 Å². The Morgan fingerprint density at radius 3 is 2.47 bits per heavy atom. The van der Waals surface area contributed by atoms with Gasteiger partial charge in [0, 0.05) is 0 Å². The van der Waals surface area contributed by atoms with E-state index in [9.17, 15) is 20.2 Å². The highest BCUT2D eigenvalue weighted by molar-refractivity contribution is 5.36. The smallest absolute Gasteiger partial charge is 0.299 e. The Labute approximate surface area is 93.4 Å². The van der Waals surface area contributed by atoms with Gasteiger partial charge >= 0.3 is 0 Å². The van der Waals surface area contributed by atoms with E-state index in [4.69, 9.17) is 5.73 Å². The second-order valence-corrected chi connectivity index (χ2v) is 2.75. The molecule has 0 spiro atoms. The van der Waals surface area contributed by atoms with Crippen molar-refractivity contribution in [2.24, 2.45) is 0 Å². The second kappa shape index (κ2) is 4.87. The summed E-state index contributed by atoms with van der Waals surface area (Å²) in [6.45, 7) is 0.760. The van der Waals surface area contributed by atoms with Crippen molar-refractivity contribution in [2.75, 3.05) is 5.73 Å². The molecule has 0 atom stereocenters. The number of hydrogen-bond acceptors (Lipinski definition) is 9. The lowest BCUT2D eigenvalue weighted by atomic mass is 10.3. The molecule has 0 radical (unpaired) electrons. The van der Waals surface area contributed by atoms with Crippen LogP contribution in [-0.2, 0) is 11.4 Å². The number of hydrogen-bond donors (Lipinski definition) is 1. The third kappa shape index (κ3) is 3.40. The molecule has 11 nitrogen and oxygen atoms in total. The van der Waals surface area contributed by atoms with Crippen molar-refractivity contribution in [3.8, 4) is 5.75 Å². The fourth-order valence-electron chi connectivity index (χ4n) is 1.05. The summed E-state index contributed by atoms with van der Waals surface area (Å²) in [5.41, 5.74) is 5.19. The number of nitrogen functional groups attached to an aromatic ring is 1. The van der Waals surface area contributed by atoms with Gasteiger partial charge in [-0.3, -0.25) is 4.84 Å². The molecule has 1 aromatic heterocycles. The van der Waals surface area contributed by atoms with Crippen LogP contribution in [0.5, 0.6) is 5.75 Å². The van der Waals surface area contributed by atoms with Gasteiger partial charge in [-0.05, 0) is 6.92 Å². The van der Waals surface area contributed by atoms with Gasteiger partial charge in [-0.2, -0.15) is 0 Å². The van der Waals surface area contributed by atoms with Crippen LogP contribution in [0.3, 0.4) is 0 Å². The first-order valence-corrected chi connectivity index (χ1v) is 4.12. The van der Waals surface area contributed by atoms with E-state index in [1.54, 1.807) is 0 Å². The third-order valence-electron chi connectivity index (χ3n) is 1.59. The maximum atomic E-state index is 10.2. The Kier molecular flexibility index (Phi) is 3.54. The van der Waals surface area contributed by atoms with E-state index in [0.717, 1.165) is 0 Å². The summed E-state index contributed by atoms with van der Waals surface area (Å²) in [6.07, 6.45) is 0. The molecule has 0 aromatic carbocycles. The number of nitrogens with zero attached hydrogens (tertiary/aromatic N) is 4. The van der Waals surface area contributed by atoms with E-state index in [1.807, 2.05) is 0 Å². The molecule has 1 rings (SSSR count). The largest absolute Gasteiger partial charge is 0.368 e. The van der Waals surface area contributed by atoms with Crippen LogP contribution in [0, 0.1) is 27.2 Å². The molecule has 0 aliphatic carbocycles. The number of nitrogens with two attached hydrogens (primary N) is 1. The lowest BCUT2D eigenvalue weighted by Gasteiger charge is -2.08. The first-order valence-electron chi connectivity index (χ1n) is 4.12. The molecule has 0 aliphatic heterocycles. The van der Waals surface area contributed by atoms with Crippen molar-refractivity contribution in [3.63, 3.8) is 0 Å². The molecule has 92 valence electrons. The fraction of sp³-hybridized carbons (Fsp3) is 0.333. The molecule has 1 heterocycles. The molecule has 0 unspecified atom stereocenters. The van der Waals surface area contributed by atoms with Gasteiger partial charge < -0.3 is 10.6 Å².